The molecule has 0 unspecified atom stereocenters. The molecule has 1 aliphatic rings. The Bertz CT molecular complexity index is 394. The van der Waals surface area contributed by atoms with Crippen LogP contribution in [0.1, 0.15) is 51.0 Å². The van der Waals surface area contributed by atoms with Crippen LogP contribution in [0.25, 0.3) is 0 Å². The molecule has 98 valence electrons. The third kappa shape index (κ3) is 3.86. The zero-order chi connectivity index (χ0) is 12.8. The third-order valence-electron chi connectivity index (χ3n) is 3.87. The lowest BCUT2D eigenvalue weighted by Crippen LogP contribution is -2.12. The minimum absolute atomic E-state index is 0.162. The largest absolute Gasteiger partial charge is 0.326 e. The molecule has 2 heteroatoms. The molecule has 1 aromatic rings. The van der Waals surface area contributed by atoms with Crippen LogP contribution in [0.5, 0.6) is 0 Å². The van der Waals surface area contributed by atoms with Crippen molar-refractivity contribution in [3.63, 3.8) is 0 Å². The summed E-state index contributed by atoms with van der Waals surface area (Å²) in [7, 11) is 0. The molecule has 1 fully saturated rings. The second-order valence-corrected chi connectivity index (χ2v) is 5.29. The maximum absolute atomic E-state index is 11.9. The predicted octanol–water partition coefficient (Wildman–Crippen LogP) is 4.16. The molecule has 0 spiro atoms. The van der Waals surface area contributed by atoms with Crippen molar-refractivity contribution in [1.82, 2.24) is 0 Å². The topological polar surface area (TPSA) is 29.1 Å². The van der Waals surface area contributed by atoms with E-state index >= 15 is 0 Å². The van der Waals surface area contributed by atoms with E-state index in [0.29, 0.717) is 6.42 Å². The Morgan fingerprint density at radius 1 is 1.33 bits per heavy atom. The molecule has 1 N–H and O–H groups in total. The number of hydrogen-bond acceptors (Lipinski definition) is 1. The molecule has 0 aromatic heterocycles. The maximum Gasteiger partial charge on any atom is 0.224 e. The molecular weight excluding hydrogens is 222 g/mol. The van der Waals surface area contributed by atoms with Gasteiger partial charge in [0, 0.05) is 12.1 Å². The normalized spacial score (nSPS) is 15.8. The molecule has 0 aliphatic heterocycles. The molecule has 0 heterocycles. The van der Waals surface area contributed by atoms with Gasteiger partial charge in [0.1, 0.15) is 0 Å². The highest BCUT2D eigenvalue weighted by Crippen LogP contribution is 2.28. The fraction of sp³-hybridized carbons (Fsp3) is 0.562. The Balaban J connectivity index is 1.78. The van der Waals surface area contributed by atoms with Gasteiger partial charge in [-0.05, 0) is 36.5 Å². The van der Waals surface area contributed by atoms with Crippen LogP contribution in [0.3, 0.4) is 0 Å². The first-order valence-corrected chi connectivity index (χ1v) is 7.16. The Morgan fingerprint density at radius 2 is 2.11 bits per heavy atom. The van der Waals surface area contributed by atoms with Gasteiger partial charge in [0.15, 0.2) is 0 Å². The Morgan fingerprint density at radius 3 is 2.83 bits per heavy atom. The van der Waals surface area contributed by atoms with Crippen LogP contribution in [-0.4, -0.2) is 5.91 Å². The average Bonchev–Trinajstić information content (AvgIpc) is 2.90. The minimum Gasteiger partial charge on any atom is -0.326 e. The summed E-state index contributed by atoms with van der Waals surface area (Å²) in [5.41, 5.74) is 2.20. The van der Waals surface area contributed by atoms with Crippen molar-refractivity contribution >= 4 is 11.6 Å². The number of carbonyl (C=O) groups is 1. The van der Waals surface area contributed by atoms with Gasteiger partial charge in [-0.3, -0.25) is 4.79 Å². The van der Waals surface area contributed by atoms with Gasteiger partial charge in [-0.15, -0.1) is 0 Å². The highest BCUT2D eigenvalue weighted by molar-refractivity contribution is 5.90. The quantitative estimate of drug-likeness (QED) is 0.829. The maximum atomic E-state index is 11.9. The van der Waals surface area contributed by atoms with Crippen LogP contribution in [0.2, 0.25) is 0 Å². The Kier molecular flexibility index (Phi) is 4.80. The van der Waals surface area contributed by atoms with Crippen LogP contribution in [0.4, 0.5) is 5.69 Å². The first kappa shape index (κ1) is 13.1. The molecule has 0 radical (unpaired) electrons. The second-order valence-electron chi connectivity index (χ2n) is 5.29. The van der Waals surface area contributed by atoms with Gasteiger partial charge < -0.3 is 5.32 Å². The Labute approximate surface area is 110 Å². The summed E-state index contributed by atoms with van der Waals surface area (Å²) in [6.45, 7) is 2.13. The molecule has 0 saturated heterocycles. The van der Waals surface area contributed by atoms with Crippen LogP contribution >= 0.6 is 0 Å². The van der Waals surface area contributed by atoms with Crippen molar-refractivity contribution in [3.05, 3.63) is 29.8 Å². The number of rotatable bonds is 5. The molecule has 2 rings (SSSR count). The summed E-state index contributed by atoms with van der Waals surface area (Å²) in [4.78, 5) is 11.9. The lowest BCUT2D eigenvalue weighted by Gasteiger charge is -2.09. The molecule has 0 bridgehead atoms. The predicted molar refractivity (Wildman–Crippen MR) is 75.6 cm³/mol. The van der Waals surface area contributed by atoms with Gasteiger partial charge in [0.25, 0.3) is 0 Å². The van der Waals surface area contributed by atoms with Crippen molar-refractivity contribution in [2.24, 2.45) is 5.92 Å². The standard InChI is InChI=1S/C16H23NO/c1-2-13-8-5-9-15(12-13)17-16(18)11-10-14-6-3-4-7-14/h5,8-9,12,14H,2-4,6-7,10-11H2,1H3,(H,17,18). The monoisotopic (exact) mass is 245 g/mol. The fourth-order valence-corrected chi connectivity index (χ4v) is 2.73. The molecule has 1 saturated carbocycles. The Hall–Kier alpha value is -1.31. The summed E-state index contributed by atoms with van der Waals surface area (Å²) in [5, 5.41) is 3.00. The molecule has 2 nitrogen and oxygen atoms in total. The number of hydrogen-bond donors (Lipinski definition) is 1. The molecular formula is C16H23NO. The number of benzene rings is 1. The van der Waals surface area contributed by atoms with Crippen molar-refractivity contribution in [3.8, 4) is 0 Å². The number of aryl methyl sites for hydroxylation is 1. The number of anilines is 1. The van der Waals surface area contributed by atoms with E-state index in [1.807, 2.05) is 12.1 Å². The average molecular weight is 245 g/mol. The highest BCUT2D eigenvalue weighted by Gasteiger charge is 2.16. The summed E-state index contributed by atoms with van der Waals surface area (Å²) in [6, 6.07) is 8.12. The highest BCUT2D eigenvalue weighted by atomic mass is 16.1. The second kappa shape index (κ2) is 6.58. The smallest absolute Gasteiger partial charge is 0.224 e. The summed E-state index contributed by atoms with van der Waals surface area (Å²) in [5.74, 6) is 0.952. The van der Waals surface area contributed by atoms with Gasteiger partial charge in [-0.25, -0.2) is 0 Å². The van der Waals surface area contributed by atoms with E-state index in [2.05, 4.69) is 24.4 Å². The van der Waals surface area contributed by atoms with Gasteiger partial charge in [0.2, 0.25) is 5.91 Å². The van der Waals surface area contributed by atoms with Gasteiger partial charge in [-0.1, -0.05) is 44.7 Å². The van der Waals surface area contributed by atoms with Gasteiger partial charge >= 0.3 is 0 Å². The first-order valence-electron chi connectivity index (χ1n) is 7.16. The molecule has 0 atom stereocenters. The van der Waals surface area contributed by atoms with Crippen LogP contribution < -0.4 is 5.32 Å². The first-order chi connectivity index (χ1) is 8.78. The van der Waals surface area contributed by atoms with Crippen molar-refractivity contribution < 1.29 is 4.79 Å². The zero-order valence-corrected chi connectivity index (χ0v) is 11.2. The summed E-state index contributed by atoms with van der Waals surface area (Å²) in [6.07, 6.45) is 8.07. The number of amides is 1. The zero-order valence-electron chi connectivity index (χ0n) is 11.2. The van der Waals surface area contributed by atoms with Crippen molar-refractivity contribution in [1.29, 1.82) is 0 Å². The third-order valence-corrected chi connectivity index (χ3v) is 3.87. The lowest BCUT2D eigenvalue weighted by atomic mass is 10.0. The SMILES string of the molecule is CCc1cccc(NC(=O)CCC2CCCC2)c1. The van der Waals surface area contributed by atoms with E-state index in [0.717, 1.165) is 24.4 Å². The van der Waals surface area contributed by atoms with E-state index in [4.69, 9.17) is 0 Å². The molecule has 1 amide bonds. The number of nitrogens with one attached hydrogen (secondary N) is 1. The summed E-state index contributed by atoms with van der Waals surface area (Å²) < 4.78 is 0. The van der Waals surface area contributed by atoms with E-state index < -0.39 is 0 Å². The van der Waals surface area contributed by atoms with E-state index in [1.165, 1.54) is 31.2 Å². The summed E-state index contributed by atoms with van der Waals surface area (Å²) >= 11 is 0. The molecule has 1 aliphatic carbocycles. The van der Waals surface area contributed by atoms with Gasteiger partial charge in [0.05, 0.1) is 0 Å². The van der Waals surface area contributed by atoms with E-state index in [9.17, 15) is 4.79 Å². The van der Waals surface area contributed by atoms with E-state index in [1.54, 1.807) is 0 Å². The van der Waals surface area contributed by atoms with Crippen LogP contribution in [-0.2, 0) is 11.2 Å². The van der Waals surface area contributed by atoms with Crippen LogP contribution in [0, 0.1) is 5.92 Å². The van der Waals surface area contributed by atoms with Crippen molar-refractivity contribution in [2.45, 2.75) is 51.9 Å². The fourth-order valence-electron chi connectivity index (χ4n) is 2.73. The van der Waals surface area contributed by atoms with Crippen molar-refractivity contribution in [2.75, 3.05) is 5.32 Å². The van der Waals surface area contributed by atoms with Crippen LogP contribution in [0.15, 0.2) is 24.3 Å². The van der Waals surface area contributed by atoms with Gasteiger partial charge in [-0.2, -0.15) is 0 Å². The molecule has 1 aromatic carbocycles. The van der Waals surface area contributed by atoms with E-state index in [-0.39, 0.29) is 5.91 Å². The lowest BCUT2D eigenvalue weighted by molar-refractivity contribution is -0.116. The minimum atomic E-state index is 0.162. The molecule has 18 heavy (non-hydrogen) atoms. The number of carbonyl (C=O) groups excluding carboxylic acids is 1.